The van der Waals surface area contributed by atoms with E-state index in [1.807, 2.05) is 5.32 Å². The van der Waals surface area contributed by atoms with E-state index in [9.17, 15) is 32.8 Å². The summed E-state index contributed by atoms with van der Waals surface area (Å²) in [5, 5.41) is 16.3. The molecule has 0 radical (unpaired) electrons. The zero-order chi connectivity index (χ0) is 24.3. The Balaban J connectivity index is 5.49. The third-order valence-corrected chi connectivity index (χ3v) is 4.13. The largest absolute Gasteiger partial charge is 0.475 e. The highest BCUT2D eigenvalue weighted by Gasteiger charge is 2.33. The Labute approximate surface area is 179 Å². The second kappa shape index (κ2) is 13.6. The lowest BCUT2D eigenvalue weighted by atomic mass is 10.0. The molecule has 0 spiro atoms. The van der Waals surface area contributed by atoms with Gasteiger partial charge < -0.3 is 26.8 Å². The third-order valence-electron chi connectivity index (χ3n) is 4.13. The summed E-state index contributed by atoms with van der Waals surface area (Å²) >= 11 is 0. The summed E-state index contributed by atoms with van der Waals surface area (Å²) in [5.74, 6) is -5.83. The van der Waals surface area contributed by atoms with E-state index in [2.05, 4.69) is 10.6 Å². The van der Waals surface area contributed by atoms with Crippen molar-refractivity contribution in [1.82, 2.24) is 16.0 Å². The Bertz CT molecular complexity index is 657. The van der Waals surface area contributed by atoms with Crippen LogP contribution >= 0.6 is 0 Å². The molecule has 0 aromatic heterocycles. The average Bonchev–Trinajstić information content (AvgIpc) is 2.61. The monoisotopic (exact) mass is 450 g/mol. The first-order chi connectivity index (χ1) is 14.2. The number of Topliss-reactive ketones (excluding diaryl/α,β-unsaturated/α-hetero) is 1. The predicted molar refractivity (Wildman–Crippen MR) is 107 cm³/mol. The van der Waals surface area contributed by atoms with Crippen LogP contribution in [0.5, 0.6) is 0 Å². The fourth-order valence-electron chi connectivity index (χ4n) is 2.79. The van der Waals surface area contributed by atoms with Gasteiger partial charge in [-0.1, -0.05) is 27.7 Å². The maximum atomic E-state index is 12.7. The number of nitrogens with two attached hydrogens (primary N) is 1. The van der Waals surface area contributed by atoms with Gasteiger partial charge >= 0.3 is 5.97 Å². The van der Waals surface area contributed by atoms with Crippen LogP contribution in [0.3, 0.4) is 0 Å². The van der Waals surface area contributed by atoms with Crippen molar-refractivity contribution < 1.29 is 37.9 Å². The number of nitrogens with one attached hydrogen (secondary N) is 3. The Morgan fingerprint density at radius 1 is 0.871 bits per heavy atom. The molecule has 3 atom stereocenters. The van der Waals surface area contributed by atoms with Crippen molar-refractivity contribution in [2.75, 3.05) is 0 Å². The van der Waals surface area contributed by atoms with Gasteiger partial charge in [0.2, 0.25) is 24.1 Å². The number of carboxylic acid groups (broad SMARTS) is 1. The molecule has 0 aromatic rings. The van der Waals surface area contributed by atoms with E-state index in [-0.39, 0.29) is 31.2 Å². The van der Waals surface area contributed by atoms with Gasteiger partial charge in [0, 0.05) is 18.9 Å². The number of hydrogen-bond acceptors (Lipinski definition) is 6. The quantitative estimate of drug-likeness (QED) is 0.218. The van der Waals surface area contributed by atoms with Gasteiger partial charge in [-0.25, -0.2) is 13.6 Å². The molecule has 0 heterocycles. The molecule has 0 aromatic carbocycles. The van der Waals surface area contributed by atoms with Gasteiger partial charge in [-0.2, -0.15) is 0 Å². The molecule has 0 rings (SSSR count). The van der Waals surface area contributed by atoms with Crippen molar-refractivity contribution in [1.29, 1.82) is 0 Å². The highest BCUT2D eigenvalue weighted by Crippen LogP contribution is 2.10. The number of aliphatic carboxylic acids is 1. The Kier molecular flexibility index (Phi) is 12.5. The normalized spacial score (nSPS) is 14.2. The lowest BCUT2D eigenvalue weighted by molar-refractivity contribution is -0.151. The first kappa shape index (κ1) is 28.4. The lowest BCUT2D eigenvalue weighted by Gasteiger charge is -2.26. The second-order valence-electron chi connectivity index (χ2n) is 7.93. The molecule has 0 aliphatic rings. The van der Waals surface area contributed by atoms with Gasteiger partial charge in [-0.15, -0.1) is 0 Å². The Morgan fingerprint density at radius 3 is 1.81 bits per heavy atom. The first-order valence-corrected chi connectivity index (χ1v) is 9.94. The number of carboxylic acids is 1. The molecule has 0 fully saturated rings. The fraction of sp³-hybridized carbons (Fsp3) is 0.737. The first-order valence-electron chi connectivity index (χ1n) is 9.94. The van der Waals surface area contributed by atoms with Crippen molar-refractivity contribution >= 4 is 29.5 Å². The van der Waals surface area contributed by atoms with Crippen LogP contribution in [0.25, 0.3) is 0 Å². The number of carbonyl (C=O) groups excluding carboxylic acids is 4. The van der Waals surface area contributed by atoms with Crippen molar-refractivity contribution in [3.05, 3.63) is 0 Å². The predicted octanol–water partition coefficient (Wildman–Crippen LogP) is -0.0569. The average molecular weight is 450 g/mol. The number of amides is 3. The smallest absolute Gasteiger partial charge is 0.374 e. The summed E-state index contributed by atoms with van der Waals surface area (Å²) < 4.78 is 25.5. The van der Waals surface area contributed by atoms with E-state index in [4.69, 9.17) is 10.8 Å². The van der Waals surface area contributed by atoms with Gasteiger partial charge in [0.1, 0.15) is 12.1 Å². The summed E-state index contributed by atoms with van der Waals surface area (Å²) in [5.41, 5.74) is 5.13. The summed E-state index contributed by atoms with van der Waals surface area (Å²) in [6, 6.07) is -4.13. The molecule has 0 bridgehead atoms. The van der Waals surface area contributed by atoms with Crippen molar-refractivity contribution in [2.45, 2.75) is 84.0 Å². The lowest BCUT2D eigenvalue weighted by Crippen LogP contribution is -2.56. The molecule has 0 saturated heterocycles. The molecule has 10 nitrogen and oxygen atoms in total. The van der Waals surface area contributed by atoms with Crippen LogP contribution in [0.2, 0.25) is 0 Å². The van der Waals surface area contributed by atoms with Gasteiger partial charge in [-0.05, 0) is 18.8 Å². The molecule has 31 heavy (non-hydrogen) atoms. The summed E-state index contributed by atoms with van der Waals surface area (Å²) in [7, 11) is 0. The topological polar surface area (TPSA) is 168 Å². The van der Waals surface area contributed by atoms with Crippen LogP contribution < -0.4 is 21.7 Å². The minimum atomic E-state index is -3.03. The Morgan fingerprint density at radius 2 is 1.39 bits per heavy atom. The van der Waals surface area contributed by atoms with Gasteiger partial charge in [0.15, 0.2) is 0 Å². The van der Waals surface area contributed by atoms with Crippen LogP contribution in [0.15, 0.2) is 0 Å². The summed E-state index contributed by atoms with van der Waals surface area (Å²) in [6.07, 6.45) is -4.11. The van der Waals surface area contributed by atoms with Crippen LogP contribution in [-0.2, 0) is 24.0 Å². The molecule has 6 N–H and O–H groups in total. The fourth-order valence-corrected chi connectivity index (χ4v) is 2.79. The van der Waals surface area contributed by atoms with Crippen molar-refractivity contribution in [3.63, 3.8) is 0 Å². The highest BCUT2D eigenvalue weighted by atomic mass is 19.3. The zero-order valence-corrected chi connectivity index (χ0v) is 18.1. The number of ketones is 1. The van der Waals surface area contributed by atoms with Crippen LogP contribution in [0.1, 0.15) is 53.4 Å². The van der Waals surface area contributed by atoms with E-state index in [1.165, 1.54) is 0 Å². The van der Waals surface area contributed by atoms with Crippen LogP contribution in [0, 0.1) is 5.92 Å². The molecular weight excluding hydrogens is 418 g/mol. The third kappa shape index (κ3) is 12.0. The minimum Gasteiger partial charge on any atom is -0.475 e. The summed E-state index contributed by atoms with van der Waals surface area (Å²) in [4.78, 5) is 59.0. The SMILES string of the molecule is CC(C)C[C@H](NC(=O)[C@H](CCC(N)=O)NC(C)C)C(=O)NC(CC(F)F)C(=O)C(=O)O. The van der Waals surface area contributed by atoms with Crippen LogP contribution in [-0.4, -0.2) is 65.2 Å². The minimum absolute atomic E-state index is 0.0703. The molecule has 1 unspecified atom stereocenters. The van der Waals surface area contributed by atoms with E-state index in [0.717, 1.165) is 0 Å². The van der Waals surface area contributed by atoms with E-state index in [0.29, 0.717) is 0 Å². The highest BCUT2D eigenvalue weighted by molar-refractivity contribution is 6.35. The zero-order valence-electron chi connectivity index (χ0n) is 18.1. The molecule has 178 valence electrons. The van der Waals surface area contributed by atoms with Gasteiger partial charge in [0.25, 0.3) is 5.78 Å². The molecule has 12 heteroatoms. The van der Waals surface area contributed by atoms with Crippen molar-refractivity contribution in [2.24, 2.45) is 11.7 Å². The molecule has 0 aliphatic heterocycles. The standard InChI is InChI=1S/C19H32F2N4O6/c1-9(2)7-13(18(29)24-12(8-14(20)21)16(27)19(30)31)25-17(28)11(23-10(3)4)5-6-15(22)26/h9-14,23H,5-8H2,1-4H3,(H2,22,26)(H,24,29)(H,25,28)(H,30,31)/t11-,12?,13-/m0/s1. The molecular formula is C19H32F2N4O6. The second-order valence-corrected chi connectivity index (χ2v) is 7.93. The van der Waals surface area contributed by atoms with Gasteiger partial charge in [-0.3, -0.25) is 19.2 Å². The summed E-state index contributed by atoms with van der Waals surface area (Å²) in [6.45, 7) is 7.05. The Hall–Kier alpha value is -2.63. The number of alkyl halides is 2. The maximum Gasteiger partial charge on any atom is 0.374 e. The number of hydrogen-bond donors (Lipinski definition) is 5. The number of primary amides is 1. The number of rotatable bonds is 15. The van der Waals surface area contributed by atoms with Gasteiger partial charge in [0.05, 0.1) is 6.04 Å². The molecule has 0 saturated carbocycles. The number of halogens is 2. The molecule has 3 amide bonds. The molecule has 0 aliphatic carbocycles. The van der Waals surface area contributed by atoms with E-state index in [1.54, 1.807) is 27.7 Å². The van der Waals surface area contributed by atoms with E-state index >= 15 is 0 Å². The van der Waals surface area contributed by atoms with Crippen molar-refractivity contribution in [3.8, 4) is 0 Å². The van der Waals surface area contributed by atoms with E-state index < -0.39 is 60.4 Å². The maximum absolute atomic E-state index is 12.7. The number of carbonyl (C=O) groups is 5. The van der Waals surface area contributed by atoms with Crippen LogP contribution in [0.4, 0.5) is 8.78 Å².